The normalized spacial score (nSPS) is 10.7. The number of aromatic hydroxyl groups is 1. The van der Waals surface area contributed by atoms with Gasteiger partial charge in [0.15, 0.2) is 0 Å². The lowest BCUT2D eigenvalue weighted by molar-refractivity contribution is 0.0950. The average molecular weight is 381 g/mol. The van der Waals surface area contributed by atoms with Crippen LogP contribution in [0.5, 0.6) is 11.5 Å². The SMILES string of the molecule is O=C(NN=Cc1ccc(O)cc1)c1ccccc1OCc1ccc(Cl)cc1. The maximum Gasteiger partial charge on any atom is 0.275 e. The number of para-hydroxylation sites is 1. The molecule has 0 heterocycles. The Kier molecular flexibility index (Phi) is 6.07. The molecule has 0 aromatic heterocycles. The summed E-state index contributed by atoms with van der Waals surface area (Å²) >= 11 is 5.88. The number of phenolic OH excluding ortho intramolecular Hbond substituents is 1. The van der Waals surface area contributed by atoms with E-state index in [1.54, 1.807) is 60.7 Å². The standard InChI is InChI=1S/C21H17ClN2O3/c22-17-9-5-16(6-10-17)14-27-20-4-2-1-3-19(20)21(26)24-23-13-15-7-11-18(25)12-8-15/h1-13,25H,14H2,(H,24,26). The Balaban J connectivity index is 1.64. The molecule has 0 fully saturated rings. The molecule has 3 aromatic carbocycles. The van der Waals surface area contributed by atoms with E-state index in [0.717, 1.165) is 11.1 Å². The van der Waals surface area contributed by atoms with Gasteiger partial charge in [-0.25, -0.2) is 5.43 Å². The first-order valence-electron chi connectivity index (χ1n) is 8.20. The molecule has 0 radical (unpaired) electrons. The van der Waals surface area contributed by atoms with Gasteiger partial charge in [0.25, 0.3) is 5.91 Å². The number of nitrogens with one attached hydrogen (secondary N) is 1. The van der Waals surface area contributed by atoms with E-state index >= 15 is 0 Å². The van der Waals surface area contributed by atoms with Crippen molar-refractivity contribution in [2.24, 2.45) is 5.10 Å². The van der Waals surface area contributed by atoms with Crippen LogP contribution in [-0.2, 0) is 6.61 Å². The molecular formula is C21H17ClN2O3. The summed E-state index contributed by atoms with van der Waals surface area (Å²) in [6.07, 6.45) is 1.49. The first kappa shape index (κ1) is 18.5. The summed E-state index contributed by atoms with van der Waals surface area (Å²) in [7, 11) is 0. The molecule has 0 unspecified atom stereocenters. The Morgan fingerprint density at radius 2 is 1.74 bits per heavy atom. The van der Waals surface area contributed by atoms with Crippen LogP contribution in [0.25, 0.3) is 0 Å². The second-order valence-electron chi connectivity index (χ2n) is 5.70. The van der Waals surface area contributed by atoms with Crippen molar-refractivity contribution >= 4 is 23.7 Å². The van der Waals surface area contributed by atoms with Crippen LogP contribution in [0.2, 0.25) is 5.02 Å². The molecular weight excluding hydrogens is 364 g/mol. The van der Waals surface area contributed by atoms with Gasteiger partial charge in [0.05, 0.1) is 11.8 Å². The van der Waals surface area contributed by atoms with E-state index in [9.17, 15) is 9.90 Å². The minimum atomic E-state index is -0.378. The molecule has 3 rings (SSSR count). The van der Waals surface area contributed by atoms with Crippen molar-refractivity contribution in [2.75, 3.05) is 0 Å². The van der Waals surface area contributed by atoms with Gasteiger partial charge in [0.2, 0.25) is 0 Å². The number of amides is 1. The smallest absolute Gasteiger partial charge is 0.275 e. The Morgan fingerprint density at radius 1 is 1.04 bits per heavy atom. The number of benzene rings is 3. The zero-order valence-corrected chi connectivity index (χ0v) is 15.1. The lowest BCUT2D eigenvalue weighted by atomic mass is 10.2. The van der Waals surface area contributed by atoms with Gasteiger partial charge in [0, 0.05) is 5.02 Å². The molecule has 0 atom stereocenters. The Hall–Kier alpha value is -3.31. The molecule has 0 saturated heterocycles. The quantitative estimate of drug-likeness (QED) is 0.492. The summed E-state index contributed by atoms with van der Waals surface area (Å²) in [5.74, 6) is 0.254. The van der Waals surface area contributed by atoms with Crippen molar-refractivity contribution in [3.63, 3.8) is 0 Å². The van der Waals surface area contributed by atoms with Crippen molar-refractivity contribution in [3.8, 4) is 11.5 Å². The number of phenols is 1. The van der Waals surface area contributed by atoms with Crippen LogP contribution < -0.4 is 10.2 Å². The van der Waals surface area contributed by atoms with Gasteiger partial charge in [0.1, 0.15) is 18.1 Å². The minimum Gasteiger partial charge on any atom is -0.508 e. The maximum atomic E-state index is 12.4. The van der Waals surface area contributed by atoms with Crippen molar-refractivity contribution in [2.45, 2.75) is 6.61 Å². The van der Waals surface area contributed by atoms with Crippen molar-refractivity contribution in [1.29, 1.82) is 0 Å². The van der Waals surface area contributed by atoms with Gasteiger partial charge in [-0.3, -0.25) is 4.79 Å². The summed E-state index contributed by atoms with van der Waals surface area (Å²) < 4.78 is 5.78. The molecule has 136 valence electrons. The molecule has 0 aliphatic carbocycles. The Labute approximate surface area is 161 Å². The van der Waals surface area contributed by atoms with Crippen molar-refractivity contribution < 1.29 is 14.6 Å². The summed E-state index contributed by atoms with van der Waals surface area (Å²) in [6.45, 7) is 0.318. The predicted octanol–water partition coefficient (Wildman–Crippen LogP) is 4.39. The molecule has 5 nitrogen and oxygen atoms in total. The van der Waals surface area contributed by atoms with Crippen LogP contribution in [0.15, 0.2) is 77.9 Å². The zero-order valence-electron chi connectivity index (χ0n) is 14.3. The van der Waals surface area contributed by atoms with Crippen LogP contribution in [0.1, 0.15) is 21.5 Å². The van der Waals surface area contributed by atoms with Gasteiger partial charge < -0.3 is 9.84 Å². The number of carbonyl (C=O) groups excluding carboxylic acids is 1. The predicted molar refractivity (Wildman–Crippen MR) is 105 cm³/mol. The van der Waals surface area contributed by atoms with Gasteiger partial charge in [-0.1, -0.05) is 35.9 Å². The lowest BCUT2D eigenvalue weighted by Gasteiger charge is -2.10. The third kappa shape index (κ3) is 5.33. The second-order valence-corrected chi connectivity index (χ2v) is 6.14. The number of halogens is 1. The topological polar surface area (TPSA) is 70.9 Å². The average Bonchev–Trinajstić information content (AvgIpc) is 2.69. The number of hydrazone groups is 1. The molecule has 3 aromatic rings. The highest BCUT2D eigenvalue weighted by molar-refractivity contribution is 6.30. The molecule has 1 amide bonds. The number of rotatable bonds is 6. The van der Waals surface area contributed by atoms with Crippen LogP contribution in [0.3, 0.4) is 0 Å². The number of nitrogens with zero attached hydrogens (tertiary/aromatic N) is 1. The van der Waals surface area contributed by atoms with Crippen LogP contribution in [0.4, 0.5) is 0 Å². The van der Waals surface area contributed by atoms with Gasteiger partial charge in [-0.2, -0.15) is 5.10 Å². The molecule has 6 heteroatoms. The van der Waals surface area contributed by atoms with E-state index in [2.05, 4.69) is 10.5 Å². The van der Waals surface area contributed by atoms with Crippen LogP contribution in [0, 0.1) is 0 Å². The van der Waals surface area contributed by atoms with Gasteiger partial charge >= 0.3 is 0 Å². The molecule has 0 aliphatic heterocycles. The highest BCUT2D eigenvalue weighted by Crippen LogP contribution is 2.20. The first-order valence-corrected chi connectivity index (χ1v) is 8.58. The van der Waals surface area contributed by atoms with E-state index in [1.165, 1.54) is 6.21 Å². The lowest BCUT2D eigenvalue weighted by Crippen LogP contribution is -2.18. The summed E-state index contributed by atoms with van der Waals surface area (Å²) in [5, 5.41) is 13.9. The maximum absolute atomic E-state index is 12.4. The molecule has 27 heavy (non-hydrogen) atoms. The van der Waals surface area contributed by atoms with Gasteiger partial charge in [-0.05, 0) is 59.7 Å². The first-order chi connectivity index (χ1) is 13.1. The summed E-state index contributed by atoms with van der Waals surface area (Å²) in [6, 6.07) is 20.7. The molecule has 2 N–H and O–H groups in total. The van der Waals surface area contributed by atoms with E-state index in [-0.39, 0.29) is 11.7 Å². The molecule has 0 aliphatic rings. The minimum absolute atomic E-state index is 0.169. The molecule has 0 saturated carbocycles. The highest BCUT2D eigenvalue weighted by atomic mass is 35.5. The summed E-state index contributed by atoms with van der Waals surface area (Å²) in [5.41, 5.74) is 4.56. The number of carbonyl (C=O) groups is 1. The van der Waals surface area contributed by atoms with E-state index in [0.29, 0.717) is 22.9 Å². The van der Waals surface area contributed by atoms with Crippen molar-refractivity contribution in [3.05, 3.63) is 94.5 Å². The zero-order chi connectivity index (χ0) is 19.1. The third-order valence-electron chi connectivity index (χ3n) is 3.71. The fourth-order valence-electron chi connectivity index (χ4n) is 2.31. The largest absolute Gasteiger partial charge is 0.508 e. The third-order valence-corrected chi connectivity index (χ3v) is 3.96. The fourth-order valence-corrected chi connectivity index (χ4v) is 2.43. The van der Waals surface area contributed by atoms with Crippen LogP contribution >= 0.6 is 11.6 Å². The number of hydrogen-bond donors (Lipinski definition) is 2. The Bertz CT molecular complexity index is 938. The van der Waals surface area contributed by atoms with Crippen LogP contribution in [-0.4, -0.2) is 17.2 Å². The fraction of sp³-hybridized carbons (Fsp3) is 0.0476. The second kappa shape index (κ2) is 8.87. The van der Waals surface area contributed by atoms with E-state index < -0.39 is 0 Å². The highest BCUT2D eigenvalue weighted by Gasteiger charge is 2.11. The summed E-state index contributed by atoms with van der Waals surface area (Å²) in [4.78, 5) is 12.4. The van der Waals surface area contributed by atoms with E-state index in [4.69, 9.17) is 16.3 Å². The van der Waals surface area contributed by atoms with E-state index in [1.807, 2.05) is 12.1 Å². The van der Waals surface area contributed by atoms with Gasteiger partial charge in [-0.15, -0.1) is 0 Å². The number of ether oxygens (including phenoxy) is 1. The molecule has 0 spiro atoms. The van der Waals surface area contributed by atoms with Crippen molar-refractivity contribution in [1.82, 2.24) is 5.43 Å². The Morgan fingerprint density at radius 3 is 2.48 bits per heavy atom. The monoisotopic (exact) mass is 380 g/mol. The molecule has 0 bridgehead atoms. The number of hydrogen-bond acceptors (Lipinski definition) is 4.